The quantitative estimate of drug-likeness (QED) is 0.696. The van der Waals surface area contributed by atoms with E-state index < -0.39 is 33.6 Å². The topological polar surface area (TPSA) is 117 Å². The van der Waals surface area contributed by atoms with Crippen LogP contribution in [0.5, 0.6) is 0 Å². The van der Waals surface area contributed by atoms with Crippen LogP contribution in [0.1, 0.15) is 26.9 Å². The summed E-state index contributed by atoms with van der Waals surface area (Å²) < 4.78 is 39.4. The van der Waals surface area contributed by atoms with Crippen molar-refractivity contribution in [1.82, 2.24) is 9.71 Å². The van der Waals surface area contributed by atoms with Gasteiger partial charge in [-0.2, -0.15) is 0 Å². The van der Waals surface area contributed by atoms with E-state index in [2.05, 4.69) is 4.98 Å². The van der Waals surface area contributed by atoms with Crippen LogP contribution in [-0.2, 0) is 16.6 Å². The number of hydrogen-bond acceptors (Lipinski definition) is 6. The number of benzene rings is 1. The van der Waals surface area contributed by atoms with E-state index in [0.717, 1.165) is 18.3 Å². The van der Waals surface area contributed by atoms with Crippen LogP contribution in [0.25, 0.3) is 0 Å². The van der Waals surface area contributed by atoms with E-state index in [-0.39, 0.29) is 17.7 Å². The second-order valence-corrected chi connectivity index (χ2v) is 6.76. The molecular formula is C15H15FN2O5S. The highest BCUT2D eigenvalue weighted by atomic mass is 32.2. The summed E-state index contributed by atoms with van der Waals surface area (Å²) in [5.41, 5.74) is 0.452. The van der Waals surface area contributed by atoms with Gasteiger partial charge in [-0.3, -0.25) is 9.78 Å². The third-order valence-electron chi connectivity index (χ3n) is 3.27. The molecule has 1 heterocycles. The minimum atomic E-state index is -4.25. The maximum atomic E-state index is 12.9. The van der Waals surface area contributed by atoms with Crippen molar-refractivity contribution in [3.63, 3.8) is 0 Å². The lowest BCUT2D eigenvalue weighted by atomic mass is 10.1. The molecule has 0 aliphatic rings. The first-order chi connectivity index (χ1) is 11.4. The maximum Gasteiger partial charge on any atom is 0.266 e. The molecule has 0 saturated heterocycles. The SMILES string of the molecule is O=C(NS(=O)(=O)C(CO)c1ccc(F)cc1)c1ccc(CO)nc1. The normalized spacial score (nSPS) is 12.6. The third-order valence-corrected chi connectivity index (χ3v) is 4.91. The van der Waals surface area contributed by atoms with Crippen molar-refractivity contribution in [1.29, 1.82) is 0 Å². The van der Waals surface area contributed by atoms with Gasteiger partial charge in [-0.05, 0) is 29.8 Å². The largest absolute Gasteiger partial charge is 0.395 e. The fraction of sp³-hybridized carbons (Fsp3) is 0.200. The van der Waals surface area contributed by atoms with Crippen LogP contribution in [-0.4, -0.2) is 36.1 Å². The first kappa shape index (κ1) is 18.0. The van der Waals surface area contributed by atoms with Gasteiger partial charge in [0.25, 0.3) is 5.91 Å². The molecule has 0 aliphatic heterocycles. The van der Waals surface area contributed by atoms with Crippen LogP contribution in [0.2, 0.25) is 0 Å². The Balaban J connectivity index is 2.21. The van der Waals surface area contributed by atoms with Gasteiger partial charge in [0.15, 0.2) is 0 Å². The molecule has 1 aromatic heterocycles. The molecule has 0 aliphatic carbocycles. The van der Waals surface area contributed by atoms with Crippen molar-refractivity contribution in [3.8, 4) is 0 Å². The van der Waals surface area contributed by atoms with Gasteiger partial charge in [0.05, 0.1) is 24.5 Å². The Kier molecular flexibility index (Phi) is 5.60. The summed E-state index contributed by atoms with van der Waals surface area (Å²) in [6, 6.07) is 7.26. The van der Waals surface area contributed by atoms with Gasteiger partial charge in [0, 0.05) is 6.20 Å². The lowest BCUT2D eigenvalue weighted by Crippen LogP contribution is -2.35. The molecule has 1 unspecified atom stereocenters. The van der Waals surface area contributed by atoms with Crippen LogP contribution in [0, 0.1) is 5.82 Å². The summed E-state index contributed by atoms with van der Waals surface area (Å²) in [7, 11) is -4.25. The predicted octanol–water partition coefficient (Wildman–Crippen LogP) is 0.506. The summed E-state index contributed by atoms with van der Waals surface area (Å²) in [6.07, 6.45) is 1.13. The van der Waals surface area contributed by atoms with E-state index in [1.54, 1.807) is 0 Å². The van der Waals surface area contributed by atoms with E-state index in [1.807, 2.05) is 4.72 Å². The van der Waals surface area contributed by atoms with E-state index in [0.29, 0.717) is 5.69 Å². The third kappa shape index (κ3) is 4.13. The number of aromatic nitrogens is 1. The number of aliphatic hydroxyl groups excluding tert-OH is 2. The Morgan fingerprint density at radius 3 is 2.33 bits per heavy atom. The number of halogens is 1. The number of pyridine rings is 1. The lowest BCUT2D eigenvalue weighted by Gasteiger charge is -2.16. The number of amides is 1. The van der Waals surface area contributed by atoms with Crippen LogP contribution in [0.15, 0.2) is 42.6 Å². The van der Waals surface area contributed by atoms with Gasteiger partial charge in [-0.25, -0.2) is 17.5 Å². The molecule has 24 heavy (non-hydrogen) atoms. The van der Waals surface area contributed by atoms with Gasteiger partial charge in [-0.15, -0.1) is 0 Å². The molecule has 0 saturated carbocycles. The fourth-order valence-corrected chi connectivity index (χ4v) is 3.20. The molecule has 1 aromatic carbocycles. The van der Waals surface area contributed by atoms with Gasteiger partial charge in [0.2, 0.25) is 10.0 Å². The Labute approximate surface area is 137 Å². The number of nitrogens with zero attached hydrogens (tertiary/aromatic N) is 1. The zero-order valence-corrected chi connectivity index (χ0v) is 13.2. The molecule has 0 fully saturated rings. The Morgan fingerprint density at radius 1 is 1.17 bits per heavy atom. The first-order valence-electron chi connectivity index (χ1n) is 6.85. The first-order valence-corrected chi connectivity index (χ1v) is 8.40. The van der Waals surface area contributed by atoms with Crippen LogP contribution >= 0.6 is 0 Å². The molecule has 3 N–H and O–H groups in total. The van der Waals surface area contributed by atoms with Crippen LogP contribution in [0.3, 0.4) is 0 Å². The van der Waals surface area contributed by atoms with Crippen molar-refractivity contribution in [3.05, 3.63) is 65.2 Å². The fourth-order valence-electron chi connectivity index (χ4n) is 1.97. The van der Waals surface area contributed by atoms with E-state index in [4.69, 9.17) is 5.11 Å². The molecule has 2 aromatic rings. The molecule has 0 spiro atoms. The van der Waals surface area contributed by atoms with Crippen molar-refractivity contribution in [2.24, 2.45) is 0 Å². The number of hydrogen-bond donors (Lipinski definition) is 3. The number of nitrogens with one attached hydrogen (secondary N) is 1. The van der Waals surface area contributed by atoms with Gasteiger partial charge in [-0.1, -0.05) is 12.1 Å². The number of carbonyl (C=O) groups is 1. The lowest BCUT2D eigenvalue weighted by molar-refractivity contribution is 0.0980. The second-order valence-electron chi connectivity index (χ2n) is 4.90. The van der Waals surface area contributed by atoms with Crippen LogP contribution < -0.4 is 4.72 Å². The number of sulfonamides is 1. The summed E-state index contributed by atoms with van der Waals surface area (Å²) in [5.74, 6) is -1.47. The molecule has 1 amide bonds. The average Bonchev–Trinajstić information content (AvgIpc) is 2.56. The summed E-state index contributed by atoms with van der Waals surface area (Å²) in [5, 5.41) is 16.8. The maximum absolute atomic E-state index is 12.9. The minimum Gasteiger partial charge on any atom is -0.395 e. The molecule has 0 bridgehead atoms. The van der Waals surface area contributed by atoms with Gasteiger partial charge < -0.3 is 10.2 Å². The van der Waals surface area contributed by atoms with Crippen molar-refractivity contribution < 1.29 is 27.8 Å². The molecule has 9 heteroatoms. The Morgan fingerprint density at radius 2 is 1.83 bits per heavy atom. The standard InChI is InChI=1S/C15H15FN2O5S/c16-12-4-1-10(2-5-12)14(9-20)24(22,23)18-15(21)11-3-6-13(8-19)17-7-11/h1-7,14,19-20H,8-9H2,(H,18,21). The van der Waals surface area contributed by atoms with Gasteiger partial charge in [0.1, 0.15) is 11.1 Å². The molecule has 2 rings (SSSR count). The van der Waals surface area contributed by atoms with E-state index in [1.165, 1.54) is 24.3 Å². The summed E-state index contributed by atoms with van der Waals surface area (Å²) in [6.45, 7) is -1.09. The highest BCUT2D eigenvalue weighted by Crippen LogP contribution is 2.21. The smallest absolute Gasteiger partial charge is 0.266 e. The molecule has 128 valence electrons. The summed E-state index contributed by atoms with van der Waals surface area (Å²) >= 11 is 0. The zero-order chi connectivity index (χ0) is 17.7. The minimum absolute atomic E-state index is 0.0217. The zero-order valence-electron chi connectivity index (χ0n) is 12.4. The van der Waals surface area contributed by atoms with Gasteiger partial charge >= 0.3 is 0 Å². The van der Waals surface area contributed by atoms with Crippen molar-refractivity contribution in [2.75, 3.05) is 6.61 Å². The predicted molar refractivity (Wildman–Crippen MR) is 82.8 cm³/mol. The number of rotatable bonds is 6. The van der Waals surface area contributed by atoms with E-state index >= 15 is 0 Å². The Bertz CT molecular complexity index is 807. The van der Waals surface area contributed by atoms with Crippen molar-refractivity contribution in [2.45, 2.75) is 11.9 Å². The number of carbonyl (C=O) groups excluding carboxylic acids is 1. The Hall–Kier alpha value is -2.36. The number of aliphatic hydroxyl groups is 2. The molecule has 1 atom stereocenters. The molecule has 7 nitrogen and oxygen atoms in total. The monoisotopic (exact) mass is 354 g/mol. The second kappa shape index (κ2) is 7.47. The summed E-state index contributed by atoms with van der Waals surface area (Å²) in [4.78, 5) is 15.8. The van der Waals surface area contributed by atoms with Crippen molar-refractivity contribution >= 4 is 15.9 Å². The van der Waals surface area contributed by atoms with E-state index in [9.17, 15) is 22.7 Å². The van der Waals surface area contributed by atoms with Crippen LogP contribution in [0.4, 0.5) is 4.39 Å². The molecule has 0 radical (unpaired) electrons. The highest BCUT2D eigenvalue weighted by molar-refractivity contribution is 7.90. The molecular weight excluding hydrogens is 339 g/mol. The average molecular weight is 354 g/mol. The highest BCUT2D eigenvalue weighted by Gasteiger charge is 2.29.